The average molecular weight is 465 g/mol. The summed E-state index contributed by atoms with van der Waals surface area (Å²) < 4.78 is 0. The average Bonchev–Trinajstić information content (AvgIpc) is 2.72. The predicted molar refractivity (Wildman–Crippen MR) is 113 cm³/mol. The summed E-state index contributed by atoms with van der Waals surface area (Å²) >= 11 is 1.42. The number of carboxylic acids is 2. The van der Waals surface area contributed by atoms with Gasteiger partial charge in [0.05, 0.1) is 13.0 Å². The molecule has 0 aromatic rings. The van der Waals surface area contributed by atoms with Crippen LogP contribution in [0.2, 0.25) is 0 Å². The third kappa shape index (κ3) is 10.5. The van der Waals surface area contributed by atoms with Gasteiger partial charge in [-0.15, -0.1) is 0 Å². The lowest BCUT2D eigenvalue weighted by Crippen LogP contribution is -2.59. The van der Waals surface area contributed by atoms with Crippen LogP contribution in [0.25, 0.3) is 0 Å². The number of nitrogens with two attached hydrogens (primary N) is 1. The van der Waals surface area contributed by atoms with E-state index in [2.05, 4.69) is 16.0 Å². The van der Waals surface area contributed by atoms with Gasteiger partial charge < -0.3 is 37.0 Å². The van der Waals surface area contributed by atoms with Crippen LogP contribution in [0.3, 0.4) is 0 Å². The quantitative estimate of drug-likeness (QED) is 0.143. The minimum Gasteiger partial charge on any atom is -0.481 e. The van der Waals surface area contributed by atoms with E-state index in [4.69, 9.17) is 15.9 Å². The Morgan fingerprint density at radius 2 is 1.55 bits per heavy atom. The number of rotatable bonds is 15. The first-order valence-electron chi connectivity index (χ1n) is 9.69. The van der Waals surface area contributed by atoms with Gasteiger partial charge >= 0.3 is 11.9 Å². The molecule has 0 aliphatic rings. The molecule has 0 saturated carbocycles. The minimum absolute atomic E-state index is 0.181. The van der Waals surface area contributed by atoms with Crippen molar-refractivity contribution in [2.45, 2.75) is 57.3 Å². The number of carbonyl (C=O) groups is 5. The summed E-state index contributed by atoms with van der Waals surface area (Å²) in [5, 5.41) is 34.2. The van der Waals surface area contributed by atoms with Crippen molar-refractivity contribution < 1.29 is 39.3 Å². The van der Waals surface area contributed by atoms with Gasteiger partial charge in [0, 0.05) is 0 Å². The van der Waals surface area contributed by atoms with E-state index >= 15 is 0 Å². The molecule has 178 valence electrons. The maximum Gasteiger partial charge on any atom is 0.326 e. The van der Waals surface area contributed by atoms with Gasteiger partial charge in [-0.1, -0.05) is 20.3 Å². The molecule has 5 unspecified atom stereocenters. The maximum absolute atomic E-state index is 12.7. The van der Waals surface area contributed by atoms with Crippen molar-refractivity contribution in [3.8, 4) is 0 Å². The van der Waals surface area contributed by atoms with Crippen LogP contribution in [0.4, 0.5) is 0 Å². The molecule has 0 aromatic heterocycles. The lowest BCUT2D eigenvalue weighted by atomic mass is 9.97. The van der Waals surface area contributed by atoms with E-state index < -0.39 is 72.8 Å². The van der Waals surface area contributed by atoms with Crippen LogP contribution in [0, 0.1) is 5.92 Å². The summed E-state index contributed by atoms with van der Waals surface area (Å²) in [5.41, 5.74) is 5.38. The molecule has 0 aliphatic carbocycles. The van der Waals surface area contributed by atoms with E-state index in [-0.39, 0.29) is 6.42 Å². The number of hydrogen-bond acceptors (Lipinski definition) is 8. The number of carbonyl (C=O) groups excluding carboxylic acids is 3. The fourth-order valence-electron chi connectivity index (χ4n) is 2.46. The van der Waals surface area contributed by atoms with Crippen molar-refractivity contribution in [3.05, 3.63) is 0 Å². The second kappa shape index (κ2) is 14.6. The zero-order valence-corrected chi connectivity index (χ0v) is 18.6. The molecule has 0 aromatic carbocycles. The zero-order chi connectivity index (χ0) is 24.1. The Hall–Kier alpha value is -2.38. The molecule has 0 heterocycles. The van der Waals surface area contributed by atoms with Gasteiger partial charge in [0.15, 0.2) is 0 Å². The molecular weight excluding hydrogens is 432 g/mol. The molecular formula is C18H32N4O8S. The molecule has 31 heavy (non-hydrogen) atoms. The molecule has 3 amide bonds. The van der Waals surface area contributed by atoms with E-state index in [1.54, 1.807) is 20.1 Å². The zero-order valence-electron chi connectivity index (χ0n) is 17.8. The van der Waals surface area contributed by atoms with E-state index in [0.717, 1.165) is 0 Å². The van der Waals surface area contributed by atoms with Gasteiger partial charge in [-0.3, -0.25) is 19.2 Å². The van der Waals surface area contributed by atoms with Crippen molar-refractivity contribution in [2.75, 3.05) is 18.6 Å². The van der Waals surface area contributed by atoms with Gasteiger partial charge in [-0.25, -0.2) is 4.79 Å². The van der Waals surface area contributed by atoms with Crippen LogP contribution in [-0.4, -0.2) is 87.8 Å². The summed E-state index contributed by atoms with van der Waals surface area (Å²) in [4.78, 5) is 59.8. The second-order valence-electron chi connectivity index (χ2n) is 7.00. The highest BCUT2D eigenvalue weighted by Crippen LogP contribution is 2.10. The van der Waals surface area contributed by atoms with E-state index in [9.17, 15) is 29.1 Å². The van der Waals surface area contributed by atoms with Crippen LogP contribution in [0.15, 0.2) is 0 Å². The number of aliphatic hydroxyl groups excluding tert-OH is 1. The summed E-state index contributed by atoms with van der Waals surface area (Å²) in [6.45, 7) is 2.71. The Bertz CT molecular complexity index is 648. The molecule has 13 heteroatoms. The number of nitrogens with one attached hydrogen (secondary N) is 3. The minimum atomic E-state index is -1.55. The van der Waals surface area contributed by atoms with E-state index in [1.807, 2.05) is 0 Å². The van der Waals surface area contributed by atoms with Crippen molar-refractivity contribution in [1.29, 1.82) is 0 Å². The number of thioether (sulfide) groups is 1. The van der Waals surface area contributed by atoms with Crippen LogP contribution in [0.5, 0.6) is 0 Å². The molecule has 0 saturated heterocycles. The van der Waals surface area contributed by atoms with Crippen LogP contribution < -0.4 is 21.7 Å². The Labute approximate surface area is 184 Å². The Balaban J connectivity index is 5.49. The summed E-state index contributed by atoms with van der Waals surface area (Å²) in [7, 11) is 0. The maximum atomic E-state index is 12.7. The first-order chi connectivity index (χ1) is 14.5. The monoisotopic (exact) mass is 464 g/mol. The van der Waals surface area contributed by atoms with Crippen molar-refractivity contribution in [3.63, 3.8) is 0 Å². The summed E-state index contributed by atoms with van der Waals surface area (Å²) in [6, 6.07) is -5.21. The molecule has 0 rings (SSSR count). The first-order valence-corrected chi connectivity index (χ1v) is 11.1. The van der Waals surface area contributed by atoms with E-state index in [1.165, 1.54) is 11.8 Å². The molecule has 0 radical (unpaired) electrons. The van der Waals surface area contributed by atoms with Gasteiger partial charge in [0.2, 0.25) is 17.7 Å². The Kier molecular flexibility index (Phi) is 13.5. The van der Waals surface area contributed by atoms with Gasteiger partial charge in [-0.05, 0) is 24.3 Å². The summed E-state index contributed by atoms with van der Waals surface area (Å²) in [6.07, 6.45) is 1.64. The molecule has 0 fully saturated rings. The van der Waals surface area contributed by atoms with Crippen molar-refractivity contribution >= 4 is 41.4 Å². The second-order valence-corrected chi connectivity index (χ2v) is 7.99. The van der Waals surface area contributed by atoms with Crippen LogP contribution in [-0.2, 0) is 24.0 Å². The Morgan fingerprint density at radius 3 is 2.00 bits per heavy atom. The molecule has 12 nitrogen and oxygen atoms in total. The molecule has 5 atom stereocenters. The third-order valence-electron chi connectivity index (χ3n) is 4.56. The standard InChI is InChI=1S/C18H32N4O8S/c1-4-9(2)14(17(28)20-11(18(29)30)5-6-31-3)22-16(27)12(7-13(24)25)21-15(26)10(19)8-23/h9-12,14,23H,4-8,19H2,1-3H3,(H,20,28)(H,21,26)(H,22,27)(H,24,25)(H,29,30). The molecule has 0 bridgehead atoms. The third-order valence-corrected chi connectivity index (χ3v) is 5.21. The number of carboxylic acid groups (broad SMARTS) is 2. The fraction of sp³-hybridized carbons (Fsp3) is 0.722. The van der Waals surface area contributed by atoms with Gasteiger partial charge in [0.1, 0.15) is 24.2 Å². The van der Waals surface area contributed by atoms with Gasteiger partial charge in [0.25, 0.3) is 0 Å². The largest absolute Gasteiger partial charge is 0.481 e. The lowest BCUT2D eigenvalue weighted by Gasteiger charge is -2.27. The molecule has 8 N–H and O–H groups in total. The summed E-state index contributed by atoms with van der Waals surface area (Å²) in [5.74, 6) is -5.14. The number of aliphatic hydroxyl groups is 1. The van der Waals surface area contributed by atoms with Crippen LogP contribution >= 0.6 is 11.8 Å². The highest BCUT2D eigenvalue weighted by molar-refractivity contribution is 7.98. The van der Waals surface area contributed by atoms with Crippen molar-refractivity contribution in [2.24, 2.45) is 11.7 Å². The fourth-order valence-corrected chi connectivity index (χ4v) is 2.93. The topological polar surface area (TPSA) is 208 Å². The highest BCUT2D eigenvalue weighted by Gasteiger charge is 2.33. The molecule has 0 aliphatic heterocycles. The SMILES string of the molecule is CCC(C)C(NC(=O)C(CC(=O)O)NC(=O)C(N)CO)C(=O)NC(CCSC)C(=O)O. The van der Waals surface area contributed by atoms with Crippen LogP contribution in [0.1, 0.15) is 33.1 Å². The normalized spacial score (nSPS) is 15.6. The first kappa shape index (κ1) is 28.6. The lowest BCUT2D eigenvalue weighted by molar-refractivity contribution is -0.143. The van der Waals surface area contributed by atoms with Crippen molar-refractivity contribution in [1.82, 2.24) is 16.0 Å². The predicted octanol–water partition coefficient (Wildman–Crippen LogP) is -1.88. The smallest absolute Gasteiger partial charge is 0.326 e. The number of hydrogen-bond donors (Lipinski definition) is 7. The Morgan fingerprint density at radius 1 is 0.968 bits per heavy atom. The highest BCUT2D eigenvalue weighted by atomic mass is 32.2. The van der Waals surface area contributed by atoms with Gasteiger partial charge in [-0.2, -0.15) is 11.8 Å². The number of amides is 3. The van der Waals surface area contributed by atoms with E-state index in [0.29, 0.717) is 12.2 Å². The number of aliphatic carboxylic acids is 2. The molecule has 0 spiro atoms.